The molecule has 0 aliphatic carbocycles. The van der Waals surface area contributed by atoms with Gasteiger partial charge in [-0.3, -0.25) is 4.57 Å². The molecule has 7 aromatic carbocycles. The fraction of sp³-hybridized carbons (Fsp3) is 0. The summed E-state index contributed by atoms with van der Waals surface area (Å²) in [6, 6.07) is 68.8. The Bertz CT molecular complexity index is 2420. The summed E-state index contributed by atoms with van der Waals surface area (Å²) in [5, 5.41) is 2.30. The zero-order valence-electron chi connectivity index (χ0n) is 27.2. The van der Waals surface area contributed by atoms with Crippen molar-refractivity contribution >= 4 is 31.8 Å². The van der Waals surface area contributed by atoms with Crippen molar-refractivity contribution < 1.29 is 0 Å². The summed E-state index contributed by atoms with van der Waals surface area (Å²) in [6.45, 7) is 0. The minimum absolute atomic E-state index is 0.587. The van der Waals surface area contributed by atoms with Gasteiger partial charge in [0.05, 0.1) is 11.0 Å². The maximum absolute atomic E-state index is 5.13. The molecule has 0 atom stereocenters. The molecule has 0 saturated heterocycles. The summed E-state index contributed by atoms with van der Waals surface area (Å²) in [4.78, 5) is 20.4. The van der Waals surface area contributed by atoms with E-state index in [-0.39, 0.29) is 0 Å². The lowest BCUT2D eigenvalue weighted by atomic mass is 10.1. The lowest BCUT2D eigenvalue weighted by Gasteiger charge is -2.42. The Labute approximate surface area is 292 Å². The van der Waals surface area contributed by atoms with Crippen LogP contribution in [0.1, 0.15) is 0 Å². The molecule has 0 saturated carbocycles. The molecule has 0 aliphatic heterocycles. The molecule has 4 nitrogen and oxygen atoms in total. The third-order valence-corrected chi connectivity index (χ3v) is 13.1. The number of para-hydroxylation sites is 1. The first-order valence-electron chi connectivity index (χ1n) is 16.7. The van der Waals surface area contributed by atoms with Gasteiger partial charge in [-0.15, -0.1) is 10.0 Å². The van der Waals surface area contributed by atoms with E-state index < -0.39 is 10.0 Å². The van der Waals surface area contributed by atoms with Crippen LogP contribution in [0.2, 0.25) is 0 Å². The van der Waals surface area contributed by atoms with Crippen LogP contribution in [0.15, 0.2) is 214 Å². The van der Waals surface area contributed by atoms with E-state index >= 15 is 0 Å². The number of hydrogen-bond acceptors (Lipinski definition) is 3. The van der Waals surface area contributed by atoms with Crippen LogP contribution in [0.5, 0.6) is 0 Å². The van der Waals surface area contributed by atoms with E-state index in [1.54, 1.807) is 0 Å². The highest BCUT2D eigenvalue weighted by atomic mass is 32.3. The topological polar surface area (TPSA) is 43.6 Å². The summed E-state index contributed by atoms with van der Waals surface area (Å²) in [5.41, 5.74) is 3.97. The van der Waals surface area contributed by atoms with Crippen LogP contribution in [0.3, 0.4) is 0 Å². The van der Waals surface area contributed by atoms with E-state index in [0.29, 0.717) is 17.6 Å². The maximum atomic E-state index is 5.13. The molecule has 238 valence electrons. The molecular weight excluding hydrogens is 629 g/mol. The molecule has 2 aromatic heterocycles. The Balaban J connectivity index is 1.34. The van der Waals surface area contributed by atoms with Crippen molar-refractivity contribution in [1.29, 1.82) is 0 Å². The van der Waals surface area contributed by atoms with Crippen molar-refractivity contribution in [2.24, 2.45) is 0 Å². The number of nitrogens with zero attached hydrogens (tertiary/aromatic N) is 4. The van der Waals surface area contributed by atoms with Crippen molar-refractivity contribution in [3.8, 4) is 28.7 Å². The Morgan fingerprint density at radius 1 is 0.340 bits per heavy atom. The third-order valence-electron chi connectivity index (χ3n) is 9.18. The molecular formula is C45H32N4S. The van der Waals surface area contributed by atoms with Crippen molar-refractivity contribution in [2.75, 3.05) is 0 Å². The predicted molar refractivity (Wildman–Crippen MR) is 205 cm³/mol. The fourth-order valence-corrected chi connectivity index (χ4v) is 10.8. The molecule has 50 heavy (non-hydrogen) atoms. The molecule has 0 spiro atoms. The highest BCUT2D eigenvalue weighted by Gasteiger charge is 2.33. The molecule has 9 aromatic rings. The summed E-state index contributed by atoms with van der Waals surface area (Å²) >= 11 is 0. The highest BCUT2D eigenvalue weighted by Crippen LogP contribution is 2.73. The second-order valence-electron chi connectivity index (χ2n) is 12.1. The quantitative estimate of drug-likeness (QED) is 0.171. The van der Waals surface area contributed by atoms with Gasteiger partial charge in [-0.25, -0.2) is 4.98 Å². The molecule has 0 bridgehead atoms. The minimum Gasteiger partial charge on any atom is -0.278 e. The summed E-state index contributed by atoms with van der Waals surface area (Å²) in [6.07, 6.45) is 0. The van der Waals surface area contributed by atoms with E-state index in [1.165, 1.54) is 19.6 Å². The Morgan fingerprint density at radius 2 is 0.760 bits per heavy atom. The number of benzene rings is 7. The zero-order chi connectivity index (χ0) is 33.3. The smallest absolute Gasteiger partial charge is 0.238 e. The van der Waals surface area contributed by atoms with Gasteiger partial charge < -0.3 is 0 Å². The Morgan fingerprint density at radius 3 is 1.26 bits per heavy atom. The normalized spacial score (nSPS) is 11.9. The second-order valence-corrected chi connectivity index (χ2v) is 15.2. The van der Waals surface area contributed by atoms with Gasteiger partial charge in [-0.05, 0) is 60.7 Å². The lowest BCUT2D eigenvalue weighted by Crippen LogP contribution is -2.07. The van der Waals surface area contributed by atoms with Gasteiger partial charge in [0.2, 0.25) is 5.95 Å². The Kier molecular flexibility index (Phi) is 7.52. The van der Waals surface area contributed by atoms with Crippen LogP contribution in [0.4, 0.5) is 0 Å². The molecule has 0 amide bonds. The number of hydrogen-bond donors (Lipinski definition) is 0. The van der Waals surface area contributed by atoms with Gasteiger partial charge in [0, 0.05) is 41.5 Å². The van der Waals surface area contributed by atoms with E-state index in [0.717, 1.165) is 32.9 Å². The second kappa shape index (κ2) is 12.6. The van der Waals surface area contributed by atoms with Gasteiger partial charge in [0.1, 0.15) is 0 Å². The zero-order valence-corrected chi connectivity index (χ0v) is 28.0. The first-order valence-corrected chi connectivity index (χ1v) is 18.3. The standard InChI is InChI=1S/C45H32N4S/c1-6-18-33(19-7-1)43-46-44(34-20-8-2-9-21-34)48-45(47-43)49-41-29-17-16-28-39(41)40-32-38(30-31-42(40)49)50(35-22-10-3-11-23-35,36-24-12-4-13-25-36)37-26-14-5-15-27-37/h1-32H. The van der Waals surface area contributed by atoms with Gasteiger partial charge in [0.25, 0.3) is 0 Å². The molecule has 9 rings (SSSR count). The molecule has 0 fully saturated rings. The van der Waals surface area contributed by atoms with E-state index in [4.69, 9.17) is 15.0 Å². The highest BCUT2D eigenvalue weighted by molar-refractivity contribution is 8.34. The molecule has 5 heteroatoms. The fourth-order valence-electron chi connectivity index (χ4n) is 6.95. The summed E-state index contributed by atoms with van der Waals surface area (Å²) < 4.78 is 2.19. The SMILES string of the molecule is c1ccc(-c2nc(-c3ccccc3)nc(-n3c4ccccc4c4cc(S(c5ccccc5)(c5ccccc5)c5ccccc5)ccc43)n2)cc1. The van der Waals surface area contributed by atoms with Crippen LogP contribution in [0, 0.1) is 0 Å². The van der Waals surface area contributed by atoms with Crippen molar-refractivity contribution in [1.82, 2.24) is 19.5 Å². The number of aromatic nitrogens is 4. The van der Waals surface area contributed by atoms with Gasteiger partial charge >= 0.3 is 0 Å². The maximum Gasteiger partial charge on any atom is 0.238 e. The molecule has 0 radical (unpaired) electrons. The van der Waals surface area contributed by atoms with Crippen molar-refractivity contribution in [3.05, 3.63) is 194 Å². The molecule has 2 heterocycles. The van der Waals surface area contributed by atoms with Crippen LogP contribution in [-0.4, -0.2) is 19.5 Å². The van der Waals surface area contributed by atoms with Crippen LogP contribution < -0.4 is 0 Å². The molecule has 0 unspecified atom stereocenters. The first kappa shape index (κ1) is 29.8. The van der Waals surface area contributed by atoms with E-state index in [1.807, 2.05) is 60.7 Å². The van der Waals surface area contributed by atoms with Gasteiger partial charge in [0.15, 0.2) is 11.6 Å². The summed E-state index contributed by atoms with van der Waals surface area (Å²) in [5.74, 6) is 1.86. The molecule has 0 aliphatic rings. The monoisotopic (exact) mass is 660 g/mol. The van der Waals surface area contributed by atoms with Crippen LogP contribution >= 0.6 is 10.0 Å². The van der Waals surface area contributed by atoms with E-state index in [2.05, 4.69) is 138 Å². The van der Waals surface area contributed by atoms with Crippen LogP contribution in [0.25, 0.3) is 50.5 Å². The van der Waals surface area contributed by atoms with Crippen molar-refractivity contribution in [2.45, 2.75) is 19.6 Å². The minimum atomic E-state index is -1.86. The third kappa shape index (κ3) is 4.99. The van der Waals surface area contributed by atoms with Crippen molar-refractivity contribution in [3.63, 3.8) is 0 Å². The average Bonchev–Trinajstić information content (AvgIpc) is 3.54. The average molecular weight is 661 g/mol. The lowest BCUT2D eigenvalue weighted by molar-refractivity contribution is 0.953. The van der Waals surface area contributed by atoms with E-state index in [9.17, 15) is 0 Å². The largest absolute Gasteiger partial charge is 0.278 e. The predicted octanol–water partition coefficient (Wildman–Crippen LogP) is 11.6. The molecule has 0 N–H and O–H groups in total. The van der Waals surface area contributed by atoms with Gasteiger partial charge in [-0.2, -0.15) is 9.97 Å². The number of rotatable bonds is 7. The summed E-state index contributed by atoms with van der Waals surface area (Å²) in [7, 11) is -1.86. The van der Waals surface area contributed by atoms with Crippen LogP contribution in [-0.2, 0) is 0 Å². The first-order chi connectivity index (χ1) is 24.8. The van der Waals surface area contributed by atoms with Gasteiger partial charge in [-0.1, -0.05) is 133 Å². The Hall–Kier alpha value is -6.30. The number of fused-ring (bicyclic) bond motifs is 3.